The number of ketones is 2. The Balaban J connectivity index is 0.000000124. The highest BCUT2D eigenvalue weighted by molar-refractivity contribution is 6.39. The first-order valence-corrected chi connectivity index (χ1v) is 52.0. The number of carbonyl (C=O) groups excluding carboxylic acids is 5. The van der Waals surface area contributed by atoms with E-state index in [-0.39, 0.29) is 55.2 Å². The van der Waals surface area contributed by atoms with Crippen molar-refractivity contribution in [2.75, 3.05) is 65.4 Å². The molecule has 20 nitrogen and oxygen atoms in total. The van der Waals surface area contributed by atoms with E-state index in [1.807, 2.05) is 110 Å². The second kappa shape index (κ2) is 43.7. The Morgan fingerprint density at radius 2 is 0.693 bits per heavy atom. The summed E-state index contributed by atoms with van der Waals surface area (Å²) in [6.07, 6.45) is 28.8. The van der Waals surface area contributed by atoms with E-state index >= 15 is 0 Å². The minimum Gasteiger partial charge on any atom is -0.388 e. The van der Waals surface area contributed by atoms with Crippen molar-refractivity contribution in [3.05, 3.63) is 175 Å². The van der Waals surface area contributed by atoms with Gasteiger partial charge < -0.3 is 75.6 Å². The molecule has 10 heterocycles. The number of carbonyl (C=O) groups is 5. The zero-order valence-electron chi connectivity index (χ0n) is 79.8. The molecule has 0 spiro atoms. The van der Waals surface area contributed by atoms with E-state index in [2.05, 4.69) is 65.4 Å². The number of nitrogens with zero attached hydrogens (tertiary/aromatic N) is 5. The third-order valence-corrected chi connectivity index (χ3v) is 32.7. The van der Waals surface area contributed by atoms with Crippen LogP contribution in [0.1, 0.15) is 272 Å². The maximum atomic E-state index is 14.3. The Labute approximate surface area is 826 Å². The highest BCUT2D eigenvalue weighted by Gasteiger charge is 2.45. The number of fused-ring (bicyclic) bond motifs is 5. The highest BCUT2D eigenvalue weighted by Crippen LogP contribution is 2.45. The van der Waals surface area contributed by atoms with Crippen molar-refractivity contribution < 1.29 is 56.1 Å². The molecule has 5 aliphatic carbocycles. The summed E-state index contributed by atoms with van der Waals surface area (Å²) < 4.78 is 81.3. The van der Waals surface area contributed by atoms with Crippen LogP contribution in [0.25, 0.3) is 54.5 Å². The molecule has 137 heavy (non-hydrogen) atoms. The predicted molar refractivity (Wildman–Crippen MR) is 541 cm³/mol. The standard InChI is InChI=1S/2C22H28ClFN2O.2C21H27ClFN3O2.C21H27ClFN3O/c2*1-22(24)10-7-15(8-11-22)5-6-20(27)17-14-26(13-16-9-12-25-16)19-4-2-3-18(23)21(17)19;1-20(23)7-3-8-21(28,12-20)13-25-19(27)15-11-26(10-14-6-9-24-14)17-5-2-4-16(22)18(15)17;1-20(23)6-3-7-21(28,12-20)13-25-19(27)15-11-26(10-14-8-24-9-14)17-5-2-4-16(22)18(15)17;1-21(23)8-5-14(6-9-21)11-25-20(27)16-13-26(15-7-10-24-12-15)18-4-2-3-17(22)19(16)18/h2*2-4,14-16,25H,5-13H2,1H3;2*2,4-5,11,14,24,28H,3,6-10,12-13H2,1H3,(H,25,27);2-4,13-15,24H,5-12H2,1H3,(H,25,27)/t2*15?,16-,22?;;;/m10.../s1. The third-order valence-electron chi connectivity index (χ3n) is 31.1. The van der Waals surface area contributed by atoms with Crippen molar-refractivity contribution in [2.45, 2.75) is 304 Å². The van der Waals surface area contributed by atoms with Gasteiger partial charge in [-0.05, 0) is 293 Å². The Hall–Kier alpha value is -7.63. The molecule has 6 unspecified atom stereocenters. The zero-order chi connectivity index (χ0) is 96.9. The number of amides is 3. The zero-order valence-corrected chi connectivity index (χ0v) is 83.6. The molecule has 10 N–H and O–H groups in total. The number of hydrogen-bond acceptors (Lipinski definition) is 12. The average molecular weight is 1990 g/mol. The molecule has 10 aromatic rings. The van der Waals surface area contributed by atoms with Gasteiger partial charge in [-0.25, -0.2) is 22.0 Å². The first-order valence-electron chi connectivity index (χ1n) is 50.1. The van der Waals surface area contributed by atoms with E-state index in [4.69, 9.17) is 58.0 Å². The maximum absolute atomic E-state index is 14.3. The van der Waals surface area contributed by atoms with Crippen LogP contribution in [0.15, 0.2) is 122 Å². The molecule has 3 amide bonds. The number of rotatable bonds is 26. The molecule has 10 fully saturated rings. The van der Waals surface area contributed by atoms with E-state index in [9.17, 15) is 56.1 Å². The number of nitrogens with one attached hydrogen (secondary N) is 8. The Bertz CT molecular complexity index is 5650. The molecule has 5 aromatic heterocycles. The number of aliphatic hydroxyl groups is 2. The smallest absolute Gasteiger partial charge is 0.253 e. The fourth-order valence-electron chi connectivity index (χ4n) is 22.4. The van der Waals surface area contributed by atoms with Crippen LogP contribution in [-0.4, -0.2) is 185 Å². The molecule has 742 valence electrons. The molecule has 5 saturated heterocycles. The van der Waals surface area contributed by atoms with Gasteiger partial charge in [-0.1, -0.05) is 88.3 Å². The molecule has 0 radical (unpaired) electrons. The lowest BCUT2D eigenvalue weighted by atomic mass is 9.77. The fourth-order valence-corrected chi connectivity index (χ4v) is 23.7. The quantitative estimate of drug-likeness (QED) is 0.0180. The highest BCUT2D eigenvalue weighted by atomic mass is 35.5. The Morgan fingerprint density at radius 1 is 0.365 bits per heavy atom. The van der Waals surface area contributed by atoms with Crippen LogP contribution in [0, 0.1) is 23.7 Å². The van der Waals surface area contributed by atoms with Crippen LogP contribution in [0.4, 0.5) is 22.0 Å². The van der Waals surface area contributed by atoms with Gasteiger partial charge in [0.25, 0.3) is 17.7 Å². The molecule has 10 aliphatic rings. The second-order valence-corrected chi connectivity index (χ2v) is 44.8. The van der Waals surface area contributed by atoms with Gasteiger partial charge >= 0.3 is 0 Å². The van der Waals surface area contributed by atoms with Crippen molar-refractivity contribution in [3.8, 4) is 0 Å². The normalized spacial score (nSPS) is 28.7. The van der Waals surface area contributed by atoms with E-state index in [0.717, 1.165) is 196 Å². The van der Waals surface area contributed by atoms with Gasteiger partial charge in [0.15, 0.2) is 11.6 Å². The average Bonchev–Trinajstić information content (AvgIpc) is 1.61. The molecular weight excluding hydrogens is 1850 g/mol. The lowest BCUT2D eigenvalue weighted by molar-refractivity contribution is -0.0539. The van der Waals surface area contributed by atoms with E-state index in [0.29, 0.717) is 191 Å². The number of benzene rings is 5. The van der Waals surface area contributed by atoms with Gasteiger partial charge in [-0.15, -0.1) is 0 Å². The number of halogens is 10. The SMILES string of the molecule is CC1(F)CCC(CCC(=O)c2cn(C[C@@H]3CCN3)c3cccc(Cl)c23)CC1.CC1(F)CCC(CCC(=O)c2cn(C[C@H]3CCN3)c3cccc(Cl)c23)CC1.CC1(F)CCC(CNC(=O)c2cn(C3CCNC3)c3cccc(Cl)c23)CC1.CC1(F)CCCC(O)(CNC(=O)c2cn(CC3CCN3)c3cccc(Cl)c23)C1.CC1(F)CCCC(O)(CNC(=O)c2cn(CC3CNC3)c3cccc(Cl)c23)C1. The monoisotopic (exact) mass is 1990 g/mol. The van der Waals surface area contributed by atoms with Crippen LogP contribution in [-0.2, 0) is 26.2 Å². The predicted octanol–water partition coefficient (Wildman–Crippen LogP) is 22.3. The first kappa shape index (κ1) is 102. The molecule has 5 aromatic carbocycles. The molecular formula is C107H137Cl5F5N13O7. The number of Topliss-reactive ketones (excluding diaryl/α,β-unsaturated/α-hetero) is 2. The maximum Gasteiger partial charge on any atom is 0.253 e. The van der Waals surface area contributed by atoms with Crippen LogP contribution in [0.2, 0.25) is 25.1 Å². The van der Waals surface area contributed by atoms with Gasteiger partial charge in [0.1, 0.15) is 28.3 Å². The summed E-state index contributed by atoms with van der Waals surface area (Å²) >= 11 is 32.2. The van der Waals surface area contributed by atoms with Crippen LogP contribution >= 0.6 is 58.0 Å². The van der Waals surface area contributed by atoms with Crippen molar-refractivity contribution in [3.63, 3.8) is 0 Å². The van der Waals surface area contributed by atoms with Gasteiger partial charge in [0.05, 0.1) is 80.6 Å². The molecule has 8 atom stereocenters. The largest absolute Gasteiger partial charge is 0.388 e. The molecule has 5 aliphatic heterocycles. The van der Waals surface area contributed by atoms with Gasteiger partial charge in [0, 0.05) is 190 Å². The number of aromatic nitrogens is 5. The molecule has 0 bridgehead atoms. The Kier molecular flexibility index (Phi) is 32.6. The number of hydrogen-bond donors (Lipinski definition) is 10. The minimum atomic E-state index is -1.40. The summed E-state index contributed by atoms with van der Waals surface area (Å²) in [5.74, 6) is 1.44. The second-order valence-electron chi connectivity index (χ2n) is 42.8. The van der Waals surface area contributed by atoms with E-state index in [1.54, 1.807) is 32.9 Å². The minimum absolute atomic E-state index is 0.0344. The summed E-state index contributed by atoms with van der Waals surface area (Å²) in [6, 6.07) is 30.4. The van der Waals surface area contributed by atoms with Crippen molar-refractivity contribution in [1.29, 1.82) is 0 Å². The van der Waals surface area contributed by atoms with Gasteiger partial charge in [-0.3, -0.25) is 24.0 Å². The summed E-state index contributed by atoms with van der Waals surface area (Å²) in [5, 5.41) is 54.0. The lowest BCUT2D eigenvalue weighted by Gasteiger charge is -2.39. The first-order chi connectivity index (χ1) is 65.3. The van der Waals surface area contributed by atoms with E-state index in [1.165, 1.54) is 26.7 Å². The van der Waals surface area contributed by atoms with Crippen LogP contribution < -0.4 is 42.5 Å². The van der Waals surface area contributed by atoms with E-state index < -0.39 is 39.5 Å². The van der Waals surface area contributed by atoms with Crippen LogP contribution in [0.3, 0.4) is 0 Å². The van der Waals surface area contributed by atoms with Crippen molar-refractivity contribution >= 4 is 142 Å². The molecule has 5 saturated carbocycles. The molecule has 30 heteroatoms. The molecule has 20 rings (SSSR count). The summed E-state index contributed by atoms with van der Waals surface area (Å²) in [7, 11) is 0. The van der Waals surface area contributed by atoms with Crippen molar-refractivity contribution in [2.24, 2.45) is 23.7 Å². The fraction of sp³-hybridized carbons (Fsp3) is 0.579. The van der Waals surface area contributed by atoms with Gasteiger partial charge in [0.2, 0.25) is 0 Å². The lowest BCUT2D eigenvalue weighted by Crippen LogP contribution is -2.49. The number of alkyl halides is 5. The van der Waals surface area contributed by atoms with Gasteiger partial charge in [-0.2, -0.15) is 0 Å². The van der Waals surface area contributed by atoms with Crippen LogP contribution in [0.5, 0.6) is 0 Å². The van der Waals surface area contributed by atoms with Crippen molar-refractivity contribution in [1.82, 2.24) is 65.4 Å². The Morgan fingerprint density at radius 3 is 1.03 bits per heavy atom. The summed E-state index contributed by atoms with van der Waals surface area (Å²) in [4.78, 5) is 64.8. The summed E-state index contributed by atoms with van der Waals surface area (Å²) in [5.41, 5.74) is -0.286. The topological polar surface area (TPSA) is 247 Å². The summed E-state index contributed by atoms with van der Waals surface area (Å²) in [6.45, 7) is 19.1. The third kappa shape index (κ3) is 25.4.